The molecule has 1 saturated carbocycles. The van der Waals surface area contributed by atoms with Crippen molar-refractivity contribution in [2.45, 2.75) is 76.0 Å². The van der Waals surface area contributed by atoms with Gasteiger partial charge in [0.2, 0.25) is 0 Å². The van der Waals surface area contributed by atoms with Crippen molar-refractivity contribution >= 4 is 0 Å². The highest BCUT2D eigenvalue weighted by atomic mass is 16.5. The Morgan fingerprint density at radius 3 is 2.67 bits per heavy atom. The van der Waals surface area contributed by atoms with Crippen LogP contribution in [0.2, 0.25) is 0 Å². The average molecular weight is 254 g/mol. The summed E-state index contributed by atoms with van der Waals surface area (Å²) in [6, 6.07) is 0.571. The van der Waals surface area contributed by atoms with Gasteiger partial charge in [-0.3, -0.25) is 0 Å². The molecule has 2 unspecified atom stereocenters. The molecule has 0 aromatic rings. The lowest BCUT2D eigenvalue weighted by Gasteiger charge is -2.34. The first-order valence-corrected chi connectivity index (χ1v) is 7.73. The molecule has 106 valence electrons. The Bertz CT molecular complexity index is 251. The van der Waals surface area contributed by atoms with Gasteiger partial charge in [-0.25, -0.2) is 0 Å². The van der Waals surface area contributed by atoms with Crippen LogP contribution in [-0.4, -0.2) is 42.8 Å². The lowest BCUT2D eigenvalue weighted by Crippen LogP contribution is -2.39. The third kappa shape index (κ3) is 3.46. The van der Waals surface area contributed by atoms with Gasteiger partial charge in [0, 0.05) is 12.6 Å². The molecule has 0 aromatic carbocycles. The molecule has 0 radical (unpaired) electrons. The SMILES string of the molecule is CC(CCN)N(C)CC1CCC2(CCCCC2)O1. The van der Waals surface area contributed by atoms with Gasteiger partial charge in [-0.15, -0.1) is 0 Å². The Hall–Kier alpha value is -0.120. The molecule has 3 heteroatoms. The molecule has 1 spiro atoms. The molecule has 2 aliphatic rings. The highest BCUT2D eigenvalue weighted by Gasteiger charge is 2.41. The summed E-state index contributed by atoms with van der Waals surface area (Å²) in [7, 11) is 2.20. The maximum atomic E-state index is 6.42. The van der Waals surface area contributed by atoms with E-state index in [-0.39, 0.29) is 5.60 Å². The number of hydrogen-bond acceptors (Lipinski definition) is 3. The summed E-state index contributed by atoms with van der Waals surface area (Å²) in [4.78, 5) is 2.42. The van der Waals surface area contributed by atoms with Crippen molar-refractivity contribution < 1.29 is 4.74 Å². The molecule has 3 nitrogen and oxygen atoms in total. The first kappa shape index (κ1) is 14.3. The number of likely N-dealkylation sites (N-methyl/N-ethyl adjacent to an activating group) is 1. The van der Waals surface area contributed by atoms with E-state index in [4.69, 9.17) is 10.5 Å². The summed E-state index contributed by atoms with van der Waals surface area (Å²) >= 11 is 0. The van der Waals surface area contributed by atoms with Gasteiger partial charge in [-0.2, -0.15) is 0 Å². The van der Waals surface area contributed by atoms with E-state index in [1.165, 1.54) is 44.9 Å². The van der Waals surface area contributed by atoms with Crippen LogP contribution in [-0.2, 0) is 4.74 Å². The molecule has 2 fully saturated rings. The van der Waals surface area contributed by atoms with Gasteiger partial charge < -0.3 is 15.4 Å². The van der Waals surface area contributed by atoms with E-state index in [9.17, 15) is 0 Å². The molecule has 18 heavy (non-hydrogen) atoms. The number of nitrogens with two attached hydrogens (primary N) is 1. The van der Waals surface area contributed by atoms with Gasteiger partial charge in [0.05, 0.1) is 11.7 Å². The molecule has 1 heterocycles. The van der Waals surface area contributed by atoms with Crippen LogP contribution in [0.1, 0.15) is 58.3 Å². The number of rotatable bonds is 5. The van der Waals surface area contributed by atoms with Gasteiger partial charge in [-0.05, 0) is 52.6 Å². The third-order valence-electron chi connectivity index (χ3n) is 4.93. The zero-order valence-electron chi connectivity index (χ0n) is 12.2. The van der Waals surface area contributed by atoms with E-state index in [1.807, 2.05) is 0 Å². The highest BCUT2D eigenvalue weighted by molar-refractivity contribution is 4.92. The molecule has 2 rings (SSSR count). The molecular weight excluding hydrogens is 224 g/mol. The molecule has 2 N–H and O–H groups in total. The summed E-state index contributed by atoms with van der Waals surface area (Å²) in [5.41, 5.74) is 5.89. The Morgan fingerprint density at radius 2 is 2.00 bits per heavy atom. The van der Waals surface area contributed by atoms with Crippen molar-refractivity contribution in [1.29, 1.82) is 0 Å². The van der Waals surface area contributed by atoms with Crippen LogP contribution >= 0.6 is 0 Å². The van der Waals surface area contributed by atoms with Crippen molar-refractivity contribution in [3.05, 3.63) is 0 Å². The lowest BCUT2D eigenvalue weighted by atomic mass is 9.83. The maximum Gasteiger partial charge on any atom is 0.0710 e. The van der Waals surface area contributed by atoms with Crippen LogP contribution in [0.15, 0.2) is 0 Å². The van der Waals surface area contributed by atoms with E-state index >= 15 is 0 Å². The Morgan fingerprint density at radius 1 is 1.28 bits per heavy atom. The monoisotopic (exact) mass is 254 g/mol. The predicted octanol–water partition coefficient (Wildman–Crippen LogP) is 2.54. The molecular formula is C15H30N2O. The molecule has 0 aromatic heterocycles. The second-order valence-electron chi connectivity index (χ2n) is 6.39. The normalized spacial score (nSPS) is 29.0. The number of hydrogen-bond donors (Lipinski definition) is 1. The van der Waals surface area contributed by atoms with Crippen molar-refractivity contribution in [3.63, 3.8) is 0 Å². The quantitative estimate of drug-likeness (QED) is 0.819. The van der Waals surface area contributed by atoms with Gasteiger partial charge in [0.25, 0.3) is 0 Å². The van der Waals surface area contributed by atoms with Crippen LogP contribution in [0, 0.1) is 0 Å². The average Bonchev–Trinajstić information content (AvgIpc) is 2.73. The summed E-state index contributed by atoms with van der Waals surface area (Å²) in [5, 5.41) is 0. The zero-order valence-corrected chi connectivity index (χ0v) is 12.2. The first-order chi connectivity index (χ1) is 8.65. The fourth-order valence-electron chi connectivity index (χ4n) is 3.55. The Kier molecular flexibility index (Phi) is 5.05. The number of nitrogens with zero attached hydrogens (tertiary/aromatic N) is 1. The predicted molar refractivity (Wildman–Crippen MR) is 75.7 cm³/mol. The van der Waals surface area contributed by atoms with E-state index in [0.717, 1.165) is 19.5 Å². The summed E-state index contributed by atoms with van der Waals surface area (Å²) in [6.07, 6.45) is 10.8. The fourth-order valence-corrected chi connectivity index (χ4v) is 3.55. The Balaban J connectivity index is 1.78. The summed E-state index contributed by atoms with van der Waals surface area (Å²) in [5.74, 6) is 0. The van der Waals surface area contributed by atoms with Crippen molar-refractivity contribution in [2.75, 3.05) is 20.1 Å². The van der Waals surface area contributed by atoms with Crippen LogP contribution < -0.4 is 5.73 Å². The number of ether oxygens (including phenoxy) is 1. The third-order valence-corrected chi connectivity index (χ3v) is 4.93. The molecule has 0 amide bonds. The van der Waals surface area contributed by atoms with Crippen molar-refractivity contribution in [1.82, 2.24) is 4.90 Å². The zero-order chi connectivity index (χ0) is 13.0. The van der Waals surface area contributed by atoms with Crippen LogP contribution in [0.5, 0.6) is 0 Å². The molecule has 1 aliphatic carbocycles. The van der Waals surface area contributed by atoms with E-state index in [0.29, 0.717) is 12.1 Å². The van der Waals surface area contributed by atoms with E-state index in [2.05, 4.69) is 18.9 Å². The minimum absolute atomic E-state index is 0.265. The smallest absolute Gasteiger partial charge is 0.0710 e. The van der Waals surface area contributed by atoms with Crippen LogP contribution in [0.3, 0.4) is 0 Å². The molecule has 0 bridgehead atoms. The van der Waals surface area contributed by atoms with Crippen LogP contribution in [0.25, 0.3) is 0 Å². The Labute approximate surface area is 112 Å². The standard InChI is InChI=1S/C15H30N2O/c1-13(7-11-16)17(2)12-14-6-10-15(18-14)8-4-3-5-9-15/h13-14H,3-12,16H2,1-2H3. The summed E-state index contributed by atoms with van der Waals surface area (Å²) < 4.78 is 6.42. The lowest BCUT2D eigenvalue weighted by molar-refractivity contribution is -0.0723. The van der Waals surface area contributed by atoms with Crippen molar-refractivity contribution in [3.8, 4) is 0 Å². The topological polar surface area (TPSA) is 38.5 Å². The fraction of sp³-hybridized carbons (Fsp3) is 1.00. The van der Waals surface area contributed by atoms with Gasteiger partial charge in [-0.1, -0.05) is 19.3 Å². The highest BCUT2D eigenvalue weighted by Crippen LogP contribution is 2.42. The van der Waals surface area contributed by atoms with Crippen LogP contribution in [0.4, 0.5) is 0 Å². The summed E-state index contributed by atoms with van der Waals surface area (Å²) in [6.45, 7) is 4.11. The van der Waals surface area contributed by atoms with Crippen molar-refractivity contribution in [2.24, 2.45) is 5.73 Å². The van der Waals surface area contributed by atoms with Gasteiger partial charge in [0.1, 0.15) is 0 Å². The molecule has 1 aliphatic heterocycles. The second kappa shape index (κ2) is 6.36. The van der Waals surface area contributed by atoms with Gasteiger partial charge in [0.15, 0.2) is 0 Å². The van der Waals surface area contributed by atoms with E-state index in [1.54, 1.807) is 0 Å². The molecule has 2 atom stereocenters. The van der Waals surface area contributed by atoms with Gasteiger partial charge >= 0.3 is 0 Å². The largest absolute Gasteiger partial charge is 0.370 e. The second-order valence-corrected chi connectivity index (χ2v) is 6.39. The van der Waals surface area contributed by atoms with E-state index < -0.39 is 0 Å². The minimum Gasteiger partial charge on any atom is -0.370 e. The molecule has 1 saturated heterocycles. The maximum absolute atomic E-state index is 6.42. The minimum atomic E-state index is 0.265. The first-order valence-electron chi connectivity index (χ1n) is 7.73.